The first-order valence-corrected chi connectivity index (χ1v) is 10.1. The molecule has 1 aliphatic heterocycles. The van der Waals surface area contributed by atoms with Gasteiger partial charge in [-0.05, 0) is 37.8 Å². The highest BCUT2D eigenvalue weighted by Crippen LogP contribution is 2.25. The summed E-state index contributed by atoms with van der Waals surface area (Å²) >= 11 is 0. The number of amides is 1. The van der Waals surface area contributed by atoms with Gasteiger partial charge in [-0.25, -0.2) is 8.42 Å². The fraction of sp³-hybridized carbons (Fsp3) is 0.444. The standard InChI is InChI=1S/C18H24N4O3S/c1-13-4-6-15(7-5-13)19-17(23)16-12-21(3)20-18(16)26(24,25)22-10-8-14(2)9-11-22/h4-7,12,14H,8-11H2,1-3H3,(H,19,23). The lowest BCUT2D eigenvalue weighted by Gasteiger charge is -2.28. The predicted molar refractivity (Wildman–Crippen MR) is 99.5 cm³/mol. The van der Waals surface area contributed by atoms with Gasteiger partial charge in [0.2, 0.25) is 5.03 Å². The quantitative estimate of drug-likeness (QED) is 0.888. The highest BCUT2D eigenvalue weighted by atomic mass is 32.2. The van der Waals surface area contributed by atoms with E-state index in [2.05, 4.69) is 17.3 Å². The molecule has 0 spiro atoms. The molecule has 26 heavy (non-hydrogen) atoms. The number of hydrogen-bond donors (Lipinski definition) is 1. The zero-order valence-corrected chi connectivity index (χ0v) is 16.1. The van der Waals surface area contributed by atoms with Crippen LogP contribution in [0.25, 0.3) is 0 Å². The van der Waals surface area contributed by atoms with E-state index >= 15 is 0 Å². The Morgan fingerprint density at radius 3 is 2.42 bits per heavy atom. The number of aryl methyl sites for hydroxylation is 2. The summed E-state index contributed by atoms with van der Waals surface area (Å²) in [7, 11) is -2.19. The Morgan fingerprint density at radius 2 is 1.81 bits per heavy atom. The van der Waals surface area contributed by atoms with Crippen molar-refractivity contribution in [2.75, 3.05) is 18.4 Å². The Kier molecular flexibility index (Phi) is 5.15. The third-order valence-electron chi connectivity index (χ3n) is 4.68. The van der Waals surface area contributed by atoms with Crippen LogP contribution < -0.4 is 5.32 Å². The highest BCUT2D eigenvalue weighted by Gasteiger charge is 2.34. The number of carbonyl (C=O) groups excluding carboxylic acids is 1. The topological polar surface area (TPSA) is 84.3 Å². The van der Waals surface area contributed by atoms with Crippen molar-refractivity contribution in [2.24, 2.45) is 13.0 Å². The van der Waals surface area contributed by atoms with E-state index in [1.54, 1.807) is 19.2 Å². The van der Waals surface area contributed by atoms with Gasteiger partial charge in [0.1, 0.15) is 0 Å². The summed E-state index contributed by atoms with van der Waals surface area (Å²) in [6, 6.07) is 7.32. The largest absolute Gasteiger partial charge is 0.322 e. The minimum Gasteiger partial charge on any atom is -0.322 e. The summed E-state index contributed by atoms with van der Waals surface area (Å²) in [6.07, 6.45) is 3.08. The van der Waals surface area contributed by atoms with Gasteiger partial charge in [0, 0.05) is 32.0 Å². The fourth-order valence-corrected chi connectivity index (χ4v) is 4.59. The molecule has 1 amide bonds. The van der Waals surface area contributed by atoms with Gasteiger partial charge >= 0.3 is 0 Å². The van der Waals surface area contributed by atoms with Crippen molar-refractivity contribution < 1.29 is 13.2 Å². The average molecular weight is 376 g/mol. The Balaban J connectivity index is 1.87. The van der Waals surface area contributed by atoms with Crippen molar-refractivity contribution in [3.8, 4) is 0 Å². The van der Waals surface area contributed by atoms with Crippen molar-refractivity contribution in [1.29, 1.82) is 0 Å². The van der Waals surface area contributed by atoms with Gasteiger partial charge in [0.15, 0.2) is 0 Å². The van der Waals surface area contributed by atoms with Crippen LogP contribution in [0.4, 0.5) is 5.69 Å². The Bertz CT molecular complexity index is 895. The van der Waals surface area contributed by atoms with Crippen LogP contribution in [0.1, 0.15) is 35.7 Å². The van der Waals surface area contributed by atoms with Crippen LogP contribution in [0, 0.1) is 12.8 Å². The first kappa shape index (κ1) is 18.6. The van der Waals surface area contributed by atoms with Gasteiger partial charge in [0.05, 0.1) is 5.56 Å². The molecule has 0 saturated carbocycles. The van der Waals surface area contributed by atoms with Crippen LogP contribution in [0.3, 0.4) is 0 Å². The van der Waals surface area contributed by atoms with Crippen molar-refractivity contribution in [1.82, 2.24) is 14.1 Å². The van der Waals surface area contributed by atoms with Crippen LogP contribution in [-0.2, 0) is 17.1 Å². The van der Waals surface area contributed by atoms with Crippen LogP contribution in [0.15, 0.2) is 35.5 Å². The van der Waals surface area contributed by atoms with Gasteiger partial charge in [-0.2, -0.15) is 9.40 Å². The van der Waals surface area contributed by atoms with Gasteiger partial charge < -0.3 is 5.32 Å². The molecule has 1 aliphatic rings. The fourth-order valence-electron chi connectivity index (χ4n) is 3.00. The van der Waals surface area contributed by atoms with E-state index in [-0.39, 0.29) is 10.6 Å². The summed E-state index contributed by atoms with van der Waals surface area (Å²) in [4.78, 5) is 12.7. The van der Waals surface area contributed by atoms with Gasteiger partial charge in [-0.1, -0.05) is 24.6 Å². The van der Waals surface area contributed by atoms with E-state index in [1.165, 1.54) is 15.2 Å². The molecule has 3 rings (SSSR count). The molecule has 1 saturated heterocycles. The van der Waals surface area contributed by atoms with Crippen LogP contribution >= 0.6 is 0 Å². The minimum absolute atomic E-state index is 0.0618. The van der Waals surface area contributed by atoms with Crippen molar-refractivity contribution in [3.63, 3.8) is 0 Å². The van der Waals surface area contributed by atoms with E-state index in [0.717, 1.165) is 18.4 Å². The normalized spacial score (nSPS) is 16.6. The van der Waals surface area contributed by atoms with Crippen molar-refractivity contribution >= 4 is 21.6 Å². The molecule has 7 nitrogen and oxygen atoms in total. The zero-order chi connectivity index (χ0) is 18.9. The lowest BCUT2D eigenvalue weighted by atomic mass is 10.0. The van der Waals surface area contributed by atoms with E-state index in [0.29, 0.717) is 24.7 Å². The SMILES string of the molecule is Cc1ccc(NC(=O)c2cn(C)nc2S(=O)(=O)N2CCC(C)CC2)cc1. The zero-order valence-electron chi connectivity index (χ0n) is 15.3. The molecule has 1 N–H and O–H groups in total. The second-order valence-corrected chi connectivity index (χ2v) is 8.78. The maximum Gasteiger partial charge on any atom is 0.263 e. The lowest BCUT2D eigenvalue weighted by molar-refractivity contribution is 0.102. The minimum atomic E-state index is -3.80. The molecule has 1 aromatic carbocycles. The number of aromatic nitrogens is 2. The third-order valence-corrected chi connectivity index (χ3v) is 6.51. The number of nitrogens with zero attached hydrogens (tertiary/aromatic N) is 3. The summed E-state index contributed by atoms with van der Waals surface area (Å²) in [5, 5.41) is 6.64. The molecule has 0 aliphatic carbocycles. The molecule has 2 heterocycles. The van der Waals surface area contributed by atoms with Gasteiger partial charge in [-0.15, -0.1) is 0 Å². The van der Waals surface area contributed by atoms with E-state index < -0.39 is 15.9 Å². The van der Waals surface area contributed by atoms with E-state index in [4.69, 9.17) is 0 Å². The molecule has 1 aromatic heterocycles. The number of hydrogen-bond acceptors (Lipinski definition) is 4. The Labute approximate surface area is 154 Å². The first-order valence-electron chi connectivity index (χ1n) is 8.69. The first-order chi connectivity index (χ1) is 12.3. The third kappa shape index (κ3) is 3.81. The molecule has 0 bridgehead atoms. The average Bonchev–Trinajstić information content (AvgIpc) is 3.00. The number of carbonyl (C=O) groups is 1. The Morgan fingerprint density at radius 1 is 1.19 bits per heavy atom. The number of anilines is 1. The molecule has 0 unspecified atom stereocenters. The molecule has 0 atom stereocenters. The maximum absolute atomic E-state index is 13.0. The van der Waals surface area contributed by atoms with Gasteiger partial charge in [-0.3, -0.25) is 9.48 Å². The van der Waals surface area contributed by atoms with Crippen LogP contribution in [-0.4, -0.2) is 41.5 Å². The monoisotopic (exact) mass is 376 g/mol. The molecule has 0 radical (unpaired) electrons. The molecule has 2 aromatic rings. The second kappa shape index (κ2) is 7.20. The van der Waals surface area contributed by atoms with Crippen LogP contribution in [0.5, 0.6) is 0 Å². The summed E-state index contributed by atoms with van der Waals surface area (Å²) in [5.41, 5.74) is 1.75. The van der Waals surface area contributed by atoms with E-state index in [9.17, 15) is 13.2 Å². The van der Waals surface area contributed by atoms with Gasteiger partial charge in [0.25, 0.3) is 15.9 Å². The molecular formula is C18H24N4O3S. The molecule has 140 valence electrons. The number of piperidine rings is 1. The van der Waals surface area contributed by atoms with Crippen molar-refractivity contribution in [3.05, 3.63) is 41.6 Å². The smallest absolute Gasteiger partial charge is 0.263 e. The Hall–Kier alpha value is -2.19. The number of sulfonamides is 1. The number of benzene rings is 1. The summed E-state index contributed by atoms with van der Waals surface area (Å²) < 4.78 is 28.8. The van der Waals surface area contributed by atoms with Crippen LogP contribution in [0.2, 0.25) is 0 Å². The molecular weight excluding hydrogens is 352 g/mol. The predicted octanol–water partition coefficient (Wildman–Crippen LogP) is 2.40. The summed E-state index contributed by atoms with van der Waals surface area (Å²) in [6.45, 7) is 4.99. The molecule has 8 heteroatoms. The number of rotatable bonds is 4. The lowest BCUT2D eigenvalue weighted by Crippen LogP contribution is -2.38. The number of nitrogens with one attached hydrogen (secondary N) is 1. The molecule has 1 fully saturated rings. The summed E-state index contributed by atoms with van der Waals surface area (Å²) in [5.74, 6) is 0.0281. The highest BCUT2D eigenvalue weighted by molar-refractivity contribution is 7.89. The van der Waals surface area contributed by atoms with E-state index in [1.807, 2.05) is 19.1 Å². The maximum atomic E-state index is 13.0. The second-order valence-electron chi connectivity index (χ2n) is 6.93. The van der Waals surface area contributed by atoms with Crippen molar-refractivity contribution in [2.45, 2.75) is 31.7 Å².